The highest BCUT2D eigenvalue weighted by molar-refractivity contribution is 4.87. The number of aliphatic hydroxyl groups is 1. The topological polar surface area (TPSA) is 35.5 Å². The predicted molar refractivity (Wildman–Crippen MR) is 82.7 cm³/mol. The average molecular weight is 280 g/mol. The highest BCUT2D eigenvalue weighted by atomic mass is 16.3. The van der Waals surface area contributed by atoms with E-state index in [4.69, 9.17) is 0 Å². The fourth-order valence-corrected chi connectivity index (χ4v) is 4.20. The van der Waals surface area contributed by atoms with Gasteiger partial charge in [0.25, 0.3) is 0 Å². The van der Waals surface area contributed by atoms with Crippen LogP contribution in [0.15, 0.2) is 0 Å². The van der Waals surface area contributed by atoms with Crippen LogP contribution in [0.25, 0.3) is 0 Å². The normalized spacial score (nSPS) is 32.9. The number of rotatable bonds is 7. The predicted octanol–water partition coefficient (Wildman–Crippen LogP) is 2.25. The first kappa shape index (κ1) is 14.8. The molecule has 0 spiro atoms. The molecule has 2 N–H and O–H groups in total. The van der Waals surface area contributed by atoms with Crippen LogP contribution in [0, 0.1) is 17.8 Å². The Morgan fingerprint density at radius 1 is 0.950 bits per heavy atom. The summed E-state index contributed by atoms with van der Waals surface area (Å²) in [7, 11) is 0. The lowest BCUT2D eigenvalue weighted by molar-refractivity contribution is 0.107. The number of likely N-dealkylation sites (tertiary alicyclic amines) is 1. The first-order valence-corrected chi connectivity index (χ1v) is 8.90. The molecule has 0 amide bonds. The lowest BCUT2D eigenvalue weighted by Gasteiger charge is -2.39. The minimum absolute atomic E-state index is 0.358. The van der Waals surface area contributed by atoms with Gasteiger partial charge in [0.15, 0.2) is 0 Å². The zero-order chi connectivity index (χ0) is 13.8. The van der Waals surface area contributed by atoms with Gasteiger partial charge < -0.3 is 15.3 Å². The van der Waals surface area contributed by atoms with E-state index in [0.29, 0.717) is 18.6 Å². The third-order valence-electron chi connectivity index (χ3n) is 5.53. The van der Waals surface area contributed by atoms with Crippen molar-refractivity contribution in [2.24, 2.45) is 17.8 Å². The number of nitrogens with one attached hydrogen (secondary N) is 1. The molecule has 0 bridgehead atoms. The van der Waals surface area contributed by atoms with E-state index in [2.05, 4.69) is 10.2 Å². The molecule has 3 nitrogen and oxygen atoms in total. The molecule has 0 aromatic rings. The second-order valence-electron chi connectivity index (χ2n) is 7.53. The fraction of sp³-hybridized carbons (Fsp3) is 1.00. The molecule has 2 atom stereocenters. The molecule has 1 aliphatic heterocycles. The highest BCUT2D eigenvalue weighted by Crippen LogP contribution is 2.30. The van der Waals surface area contributed by atoms with E-state index in [0.717, 1.165) is 18.3 Å². The highest BCUT2D eigenvalue weighted by Gasteiger charge is 2.30. The first-order valence-electron chi connectivity index (χ1n) is 8.90. The lowest BCUT2D eigenvalue weighted by Crippen LogP contribution is -2.50. The minimum atomic E-state index is 0.358. The number of aliphatic hydroxyl groups excluding tert-OH is 1. The van der Waals surface area contributed by atoms with Crippen molar-refractivity contribution in [3.05, 3.63) is 0 Å². The van der Waals surface area contributed by atoms with Crippen LogP contribution in [0.5, 0.6) is 0 Å². The van der Waals surface area contributed by atoms with Gasteiger partial charge in [0.1, 0.15) is 0 Å². The molecule has 1 saturated heterocycles. The summed E-state index contributed by atoms with van der Waals surface area (Å²) in [5, 5.41) is 13.1. The summed E-state index contributed by atoms with van der Waals surface area (Å²) in [6.07, 6.45) is 10.9. The van der Waals surface area contributed by atoms with Gasteiger partial charge in [-0.15, -0.1) is 0 Å². The van der Waals surface area contributed by atoms with Crippen molar-refractivity contribution in [2.45, 2.75) is 57.4 Å². The van der Waals surface area contributed by atoms with Crippen molar-refractivity contribution >= 4 is 0 Å². The molecule has 2 saturated carbocycles. The Morgan fingerprint density at radius 2 is 1.75 bits per heavy atom. The van der Waals surface area contributed by atoms with E-state index in [1.807, 2.05) is 0 Å². The van der Waals surface area contributed by atoms with Gasteiger partial charge in [0.2, 0.25) is 0 Å². The summed E-state index contributed by atoms with van der Waals surface area (Å²) in [5.74, 6) is 2.62. The number of hydrogen-bond donors (Lipinski definition) is 2. The molecule has 116 valence electrons. The van der Waals surface area contributed by atoms with Gasteiger partial charge in [-0.05, 0) is 62.8 Å². The summed E-state index contributed by atoms with van der Waals surface area (Å²) >= 11 is 0. The molecule has 0 radical (unpaired) electrons. The van der Waals surface area contributed by atoms with Crippen LogP contribution >= 0.6 is 0 Å². The number of piperidine rings is 1. The third kappa shape index (κ3) is 4.44. The second kappa shape index (κ2) is 7.24. The molecule has 3 rings (SSSR count). The smallest absolute Gasteiger partial charge is 0.0434 e. The van der Waals surface area contributed by atoms with E-state index >= 15 is 0 Å². The Balaban J connectivity index is 1.48. The van der Waals surface area contributed by atoms with Crippen LogP contribution < -0.4 is 5.32 Å². The van der Waals surface area contributed by atoms with Gasteiger partial charge in [-0.1, -0.05) is 12.8 Å². The molecule has 2 unspecified atom stereocenters. The molecule has 20 heavy (non-hydrogen) atoms. The summed E-state index contributed by atoms with van der Waals surface area (Å²) in [5.41, 5.74) is 0. The Morgan fingerprint density at radius 3 is 2.45 bits per heavy atom. The van der Waals surface area contributed by atoms with Crippen molar-refractivity contribution in [2.75, 3.05) is 32.8 Å². The van der Waals surface area contributed by atoms with Crippen LogP contribution in [0.2, 0.25) is 0 Å². The molecule has 0 aromatic heterocycles. The summed E-state index contributed by atoms with van der Waals surface area (Å²) in [6, 6.07) is 0.669. The Kier molecular flexibility index (Phi) is 5.36. The number of nitrogens with zero attached hydrogens (tertiary/aromatic N) is 1. The maximum absolute atomic E-state index is 9.26. The van der Waals surface area contributed by atoms with Gasteiger partial charge >= 0.3 is 0 Å². The van der Waals surface area contributed by atoms with E-state index in [-0.39, 0.29) is 0 Å². The van der Waals surface area contributed by atoms with E-state index in [1.54, 1.807) is 0 Å². The average Bonchev–Trinajstić information content (AvgIpc) is 3.13. The minimum Gasteiger partial charge on any atom is -0.396 e. The van der Waals surface area contributed by atoms with Gasteiger partial charge in [0.05, 0.1) is 0 Å². The largest absolute Gasteiger partial charge is 0.396 e. The van der Waals surface area contributed by atoms with Crippen molar-refractivity contribution in [1.29, 1.82) is 0 Å². The summed E-state index contributed by atoms with van der Waals surface area (Å²) in [6.45, 7) is 5.36. The van der Waals surface area contributed by atoms with Crippen LogP contribution in [0.4, 0.5) is 0 Å². The monoisotopic (exact) mass is 280 g/mol. The van der Waals surface area contributed by atoms with Crippen molar-refractivity contribution in [1.82, 2.24) is 10.2 Å². The SMILES string of the molecule is OCCC1CC(NCC2CC2)CN(CC2CCCC2)C1. The molecule has 3 fully saturated rings. The van der Waals surface area contributed by atoms with Crippen LogP contribution in [-0.4, -0.2) is 48.8 Å². The molecule has 2 aliphatic carbocycles. The number of hydrogen-bond acceptors (Lipinski definition) is 3. The standard InChI is InChI=1S/C17H32N2O/c20-8-7-16-9-17(18-10-14-5-6-14)13-19(12-16)11-15-3-1-2-4-15/h14-18,20H,1-13H2. The maximum Gasteiger partial charge on any atom is 0.0434 e. The molecule has 1 heterocycles. The fourth-order valence-electron chi connectivity index (χ4n) is 4.20. The second-order valence-corrected chi connectivity index (χ2v) is 7.53. The van der Waals surface area contributed by atoms with Crippen LogP contribution in [-0.2, 0) is 0 Å². The van der Waals surface area contributed by atoms with E-state index < -0.39 is 0 Å². The zero-order valence-electron chi connectivity index (χ0n) is 12.9. The maximum atomic E-state index is 9.26. The summed E-state index contributed by atoms with van der Waals surface area (Å²) in [4.78, 5) is 2.70. The lowest BCUT2D eigenvalue weighted by atomic mass is 9.90. The molecule has 0 aromatic carbocycles. The van der Waals surface area contributed by atoms with Gasteiger partial charge in [0, 0.05) is 32.3 Å². The van der Waals surface area contributed by atoms with Gasteiger partial charge in [-0.2, -0.15) is 0 Å². The van der Waals surface area contributed by atoms with Crippen molar-refractivity contribution < 1.29 is 5.11 Å². The third-order valence-corrected chi connectivity index (χ3v) is 5.53. The van der Waals surface area contributed by atoms with Crippen molar-refractivity contribution in [3.8, 4) is 0 Å². The van der Waals surface area contributed by atoms with E-state index in [9.17, 15) is 5.11 Å². The Labute approximate surface area is 124 Å². The zero-order valence-corrected chi connectivity index (χ0v) is 12.9. The summed E-state index contributed by atoms with van der Waals surface area (Å²) < 4.78 is 0. The Bertz CT molecular complexity index is 287. The van der Waals surface area contributed by atoms with Gasteiger partial charge in [-0.3, -0.25) is 0 Å². The Hall–Kier alpha value is -0.120. The molecule has 3 heteroatoms. The van der Waals surface area contributed by atoms with Crippen LogP contribution in [0.3, 0.4) is 0 Å². The first-order chi connectivity index (χ1) is 9.83. The van der Waals surface area contributed by atoms with Crippen molar-refractivity contribution in [3.63, 3.8) is 0 Å². The van der Waals surface area contributed by atoms with Gasteiger partial charge in [-0.25, -0.2) is 0 Å². The molecular formula is C17H32N2O. The van der Waals surface area contributed by atoms with E-state index in [1.165, 1.54) is 71.1 Å². The quantitative estimate of drug-likeness (QED) is 0.751. The van der Waals surface area contributed by atoms with Crippen LogP contribution in [0.1, 0.15) is 51.4 Å². The molecule has 3 aliphatic rings. The molecular weight excluding hydrogens is 248 g/mol.